The van der Waals surface area contributed by atoms with Crippen LogP contribution in [0.25, 0.3) is 0 Å². The summed E-state index contributed by atoms with van der Waals surface area (Å²) in [7, 11) is 2.21. The summed E-state index contributed by atoms with van der Waals surface area (Å²) in [4.78, 5) is 14.6. The monoisotopic (exact) mass is 372 g/mol. The number of carbonyl (C=O) groups excluding carboxylic acids is 1. The largest absolute Gasteiger partial charge is 0.353 e. The van der Waals surface area contributed by atoms with Crippen LogP contribution in [0.2, 0.25) is 10.0 Å². The topological polar surface area (TPSA) is 32.3 Å². The van der Waals surface area contributed by atoms with Crippen LogP contribution < -0.4 is 5.32 Å². The van der Waals surface area contributed by atoms with Gasteiger partial charge in [0.15, 0.2) is 0 Å². The van der Waals surface area contributed by atoms with E-state index in [0.29, 0.717) is 33.9 Å². The SMILES string of the molecule is CN1[C@@H]2CC[C@H]1CC(NC(=O)CSCc1ccc(Cl)cc1Cl)C2. The predicted molar refractivity (Wildman–Crippen MR) is 98.4 cm³/mol. The number of nitrogens with zero attached hydrogens (tertiary/aromatic N) is 1. The fraction of sp³-hybridized carbons (Fsp3) is 0.588. The van der Waals surface area contributed by atoms with Gasteiger partial charge >= 0.3 is 0 Å². The number of carbonyl (C=O) groups is 1. The van der Waals surface area contributed by atoms with Crippen molar-refractivity contribution in [2.24, 2.45) is 0 Å². The zero-order valence-electron chi connectivity index (χ0n) is 13.2. The standard InChI is InChI=1S/C17H22Cl2N2OS/c1-21-14-4-5-15(21)8-13(7-14)20-17(22)10-23-9-11-2-3-12(18)6-16(11)19/h2-3,6,13-15H,4-5,7-10H2,1H3,(H,20,22)/t13?,14-,15+. The fourth-order valence-corrected chi connectivity index (χ4v) is 5.09. The highest BCUT2D eigenvalue weighted by molar-refractivity contribution is 7.99. The fourth-order valence-electron chi connectivity index (χ4n) is 3.69. The van der Waals surface area contributed by atoms with Crippen molar-refractivity contribution in [1.29, 1.82) is 0 Å². The first-order valence-electron chi connectivity index (χ1n) is 8.06. The average Bonchev–Trinajstić information content (AvgIpc) is 2.72. The molecule has 0 spiro atoms. The molecular formula is C17H22Cl2N2OS. The molecule has 0 aromatic heterocycles. The van der Waals surface area contributed by atoms with Crippen molar-refractivity contribution >= 4 is 40.9 Å². The quantitative estimate of drug-likeness (QED) is 0.848. The van der Waals surface area contributed by atoms with Gasteiger partial charge in [0, 0.05) is 33.9 Å². The first-order chi connectivity index (χ1) is 11.0. The van der Waals surface area contributed by atoms with Crippen LogP contribution in [0.3, 0.4) is 0 Å². The maximum Gasteiger partial charge on any atom is 0.230 e. The van der Waals surface area contributed by atoms with Gasteiger partial charge in [-0.05, 0) is 50.4 Å². The summed E-state index contributed by atoms with van der Waals surface area (Å²) in [5, 5.41) is 4.51. The number of nitrogens with one attached hydrogen (secondary N) is 1. The third-order valence-corrected chi connectivity index (χ3v) is 6.54. The van der Waals surface area contributed by atoms with Gasteiger partial charge in [-0.2, -0.15) is 0 Å². The van der Waals surface area contributed by atoms with E-state index in [-0.39, 0.29) is 5.91 Å². The number of benzene rings is 1. The molecule has 2 saturated heterocycles. The molecule has 3 atom stereocenters. The van der Waals surface area contributed by atoms with Gasteiger partial charge in [0.2, 0.25) is 5.91 Å². The first kappa shape index (κ1) is 17.4. The minimum absolute atomic E-state index is 0.133. The molecule has 1 N–H and O–H groups in total. The van der Waals surface area contributed by atoms with Crippen LogP contribution in [0.15, 0.2) is 18.2 Å². The highest BCUT2D eigenvalue weighted by Gasteiger charge is 2.38. The van der Waals surface area contributed by atoms with Crippen molar-refractivity contribution in [2.75, 3.05) is 12.8 Å². The molecule has 0 radical (unpaired) electrons. The van der Waals surface area contributed by atoms with Gasteiger partial charge in [-0.3, -0.25) is 4.79 Å². The normalized spacial score (nSPS) is 27.2. The molecule has 2 bridgehead atoms. The maximum absolute atomic E-state index is 12.2. The minimum Gasteiger partial charge on any atom is -0.353 e. The molecule has 6 heteroatoms. The Kier molecular flexibility index (Phi) is 5.78. The lowest BCUT2D eigenvalue weighted by atomic mass is 9.98. The van der Waals surface area contributed by atoms with Crippen molar-refractivity contribution in [3.63, 3.8) is 0 Å². The summed E-state index contributed by atoms with van der Waals surface area (Å²) in [5.74, 6) is 1.33. The van der Waals surface area contributed by atoms with Crippen molar-refractivity contribution in [3.8, 4) is 0 Å². The second-order valence-electron chi connectivity index (χ2n) is 6.51. The number of thioether (sulfide) groups is 1. The zero-order chi connectivity index (χ0) is 16.4. The average molecular weight is 373 g/mol. The Balaban J connectivity index is 1.42. The molecule has 2 aliphatic rings. The van der Waals surface area contributed by atoms with Gasteiger partial charge in [-0.15, -0.1) is 11.8 Å². The van der Waals surface area contributed by atoms with Crippen LogP contribution in [0, 0.1) is 0 Å². The Morgan fingerprint density at radius 1 is 1.30 bits per heavy atom. The summed E-state index contributed by atoms with van der Waals surface area (Å²) in [6.45, 7) is 0. The molecule has 2 aliphatic heterocycles. The van der Waals surface area contributed by atoms with E-state index < -0.39 is 0 Å². The summed E-state index contributed by atoms with van der Waals surface area (Å²) < 4.78 is 0. The first-order valence-corrected chi connectivity index (χ1v) is 9.97. The molecule has 23 heavy (non-hydrogen) atoms. The van der Waals surface area contributed by atoms with Crippen LogP contribution >= 0.6 is 35.0 Å². The molecule has 0 aliphatic carbocycles. The number of fused-ring (bicyclic) bond motifs is 2. The molecule has 126 valence electrons. The van der Waals surface area contributed by atoms with Crippen LogP contribution in [0.1, 0.15) is 31.2 Å². The molecular weight excluding hydrogens is 351 g/mol. The van der Waals surface area contributed by atoms with Crippen LogP contribution in [0.5, 0.6) is 0 Å². The van der Waals surface area contributed by atoms with Crippen LogP contribution in [0.4, 0.5) is 0 Å². The third kappa shape index (κ3) is 4.36. The number of hydrogen-bond donors (Lipinski definition) is 1. The number of halogens is 2. The summed E-state index contributed by atoms with van der Waals surface area (Å²) >= 11 is 13.6. The number of piperidine rings is 1. The molecule has 1 aromatic rings. The predicted octanol–water partition coefficient (Wildman–Crippen LogP) is 3.97. The van der Waals surface area contributed by atoms with E-state index in [2.05, 4.69) is 17.3 Å². The van der Waals surface area contributed by atoms with E-state index in [4.69, 9.17) is 23.2 Å². The zero-order valence-corrected chi connectivity index (χ0v) is 15.6. The molecule has 0 saturated carbocycles. The molecule has 3 rings (SSSR count). The Morgan fingerprint density at radius 2 is 2.00 bits per heavy atom. The van der Waals surface area contributed by atoms with Crippen molar-refractivity contribution in [2.45, 2.75) is 49.6 Å². The van der Waals surface area contributed by atoms with Crippen molar-refractivity contribution in [3.05, 3.63) is 33.8 Å². The lowest BCUT2D eigenvalue weighted by Crippen LogP contribution is -2.49. The molecule has 1 amide bonds. The maximum atomic E-state index is 12.2. The Morgan fingerprint density at radius 3 is 2.65 bits per heavy atom. The minimum atomic E-state index is 0.133. The Bertz CT molecular complexity index is 570. The molecule has 1 unspecified atom stereocenters. The summed E-state index contributed by atoms with van der Waals surface area (Å²) in [6, 6.07) is 7.14. The smallest absolute Gasteiger partial charge is 0.230 e. The van der Waals surface area contributed by atoms with E-state index in [1.807, 2.05) is 12.1 Å². The van der Waals surface area contributed by atoms with E-state index in [1.54, 1.807) is 17.8 Å². The lowest BCUT2D eigenvalue weighted by molar-refractivity contribution is -0.119. The highest BCUT2D eigenvalue weighted by atomic mass is 35.5. The van der Waals surface area contributed by atoms with Gasteiger partial charge in [0.05, 0.1) is 5.75 Å². The lowest BCUT2D eigenvalue weighted by Gasteiger charge is -2.36. The Hall–Kier alpha value is -0.420. The van der Waals surface area contributed by atoms with Gasteiger partial charge in [0.1, 0.15) is 0 Å². The van der Waals surface area contributed by atoms with Gasteiger partial charge in [-0.1, -0.05) is 29.3 Å². The molecule has 3 nitrogen and oxygen atoms in total. The number of rotatable bonds is 5. The van der Waals surface area contributed by atoms with E-state index >= 15 is 0 Å². The number of hydrogen-bond acceptors (Lipinski definition) is 3. The Labute approximate surface area is 152 Å². The summed E-state index contributed by atoms with van der Waals surface area (Å²) in [5.41, 5.74) is 1.02. The van der Waals surface area contributed by atoms with Crippen LogP contribution in [-0.4, -0.2) is 41.7 Å². The van der Waals surface area contributed by atoms with Crippen molar-refractivity contribution in [1.82, 2.24) is 10.2 Å². The third-order valence-electron chi connectivity index (χ3n) is 4.97. The number of amides is 1. The van der Waals surface area contributed by atoms with Crippen molar-refractivity contribution < 1.29 is 4.79 Å². The van der Waals surface area contributed by atoms with Crippen LogP contribution in [-0.2, 0) is 10.5 Å². The molecule has 2 fully saturated rings. The van der Waals surface area contributed by atoms with E-state index in [0.717, 1.165) is 24.2 Å². The highest BCUT2D eigenvalue weighted by Crippen LogP contribution is 2.34. The van der Waals surface area contributed by atoms with E-state index in [1.165, 1.54) is 12.8 Å². The van der Waals surface area contributed by atoms with Gasteiger partial charge in [-0.25, -0.2) is 0 Å². The summed E-state index contributed by atoms with van der Waals surface area (Å²) in [6.07, 6.45) is 4.73. The molecule has 1 aromatic carbocycles. The van der Waals surface area contributed by atoms with E-state index in [9.17, 15) is 4.79 Å². The van der Waals surface area contributed by atoms with Gasteiger partial charge < -0.3 is 10.2 Å². The molecule has 2 heterocycles. The second kappa shape index (κ2) is 7.64. The second-order valence-corrected chi connectivity index (χ2v) is 8.34. The van der Waals surface area contributed by atoms with Gasteiger partial charge in [0.25, 0.3) is 0 Å².